The summed E-state index contributed by atoms with van der Waals surface area (Å²) >= 11 is 0. The Bertz CT molecular complexity index is 604. The fraction of sp³-hybridized carbons (Fsp3) is 0.273. The van der Waals surface area contributed by atoms with Crippen LogP contribution in [0.2, 0.25) is 0 Å². The van der Waals surface area contributed by atoms with Crippen LogP contribution in [0.1, 0.15) is 17.5 Å². The smallest absolute Gasteiger partial charge is 0.304 e. The molecule has 7 heteroatoms. The van der Waals surface area contributed by atoms with Crippen LogP contribution in [0.4, 0.5) is 4.39 Å². The van der Waals surface area contributed by atoms with Crippen LogP contribution < -0.4 is 0 Å². The van der Waals surface area contributed by atoms with Crippen molar-refractivity contribution in [3.8, 4) is 6.07 Å². The van der Waals surface area contributed by atoms with Gasteiger partial charge in [0.05, 0.1) is 29.6 Å². The molecule has 0 saturated carbocycles. The summed E-state index contributed by atoms with van der Waals surface area (Å²) in [6.45, 7) is 0. The molecule has 1 aromatic rings. The van der Waals surface area contributed by atoms with Crippen molar-refractivity contribution in [1.29, 1.82) is 5.26 Å². The molecule has 0 aliphatic carbocycles. The summed E-state index contributed by atoms with van der Waals surface area (Å²) in [4.78, 5) is 10.3. The largest absolute Gasteiger partial charge is 0.481 e. The van der Waals surface area contributed by atoms with E-state index < -0.39 is 39.6 Å². The Morgan fingerprint density at radius 3 is 2.61 bits per heavy atom. The standard InChI is InChI=1S/C11H10FNO4S/c12-10-4-8(6-13)3-9(5-10)7-18(16,17)2-1-11(14)15/h3-5H,1-2,7H2,(H,14,15). The molecule has 0 radical (unpaired) electrons. The predicted octanol–water partition coefficient (Wildman–Crippen LogP) is 1.09. The van der Waals surface area contributed by atoms with E-state index in [2.05, 4.69) is 0 Å². The number of carboxylic acids is 1. The van der Waals surface area contributed by atoms with E-state index >= 15 is 0 Å². The normalized spacial score (nSPS) is 10.9. The highest BCUT2D eigenvalue weighted by molar-refractivity contribution is 7.90. The zero-order valence-corrected chi connectivity index (χ0v) is 10.1. The maximum absolute atomic E-state index is 13.1. The number of aliphatic carboxylic acids is 1. The Labute approximate surface area is 103 Å². The fourth-order valence-electron chi connectivity index (χ4n) is 1.37. The molecule has 18 heavy (non-hydrogen) atoms. The molecule has 0 fully saturated rings. The molecule has 0 unspecified atom stereocenters. The molecule has 96 valence electrons. The van der Waals surface area contributed by atoms with Gasteiger partial charge in [0.25, 0.3) is 0 Å². The third-order valence-corrected chi connectivity index (χ3v) is 3.70. The maximum Gasteiger partial charge on any atom is 0.304 e. The Balaban J connectivity index is 2.87. The number of benzene rings is 1. The van der Waals surface area contributed by atoms with Crippen molar-refractivity contribution < 1.29 is 22.7 Å². The second-order valence-electron chi connectivity index (χ2n) is 3.70. The molecule has 1 aromatic carbocycles. The van der Waals surface area contributed by atoms with Gasteiger partial charge in [-0.05, 0) is 23.8 Å². The molecule has 0 aromatic heterocycles. The van der Waals surface area contributed by atoms with Gasteiger partial charge in [0, 0.05) is 0 Å². The zero-order valence-electron chi connectivity index (χ0n) is 9.26. The van der Waals surface area contributed by atoms with Crippen LogP contribution in [0.5, 0.6) is 0 Å². The number of nitrogens with zero attached hydrogens (tertiary/aromatic N) is 1. The average molecular weight is 271 g/mol. The van der Waals surface area contributed by atoms with E-state index in [4.69, 9.17) is 10.4 Å². The van der Waals surface area contributed by atoms with Crippen LogP contribution in [0.25, 0.3) is 0 Å². The lowest BCUT2D eigenvalue weighted by atomic mass is 10.1. The minimum atomic E-state index is -3.63. The van der Waals surface area contributed by atoms with Crippen LogP contribution in [0, 0.1) is 17.1 Å². The number of hydrogen-bond acceptors (Lipinski definition) is 4. The highest BCUT2D eigenvalue weighted by Crippen LogP contribution is 2.12. The number of carbonyl (C=O) groups is 1. The number of carboxylic acid groups (broad SMARTS) is 1. The van der Waals surface area contributed by atoms with Gasteiger partial charge in [0.15, 0.2) is 9.84 Å². The van der Waals surface area contributed by atoms with Crippen LogP contribution >= 0.6 is 0 Å². The van der Waals surface area contributed by atoms with Crippen molar-refractivity contribution in [3.63, 3.8) is 0 Å². The molecule has 0 aliphatic rings. The van der Waals surface area contributed by atoms with Gasteiger partial charge >= 0.3 is 5.97 Å². The molecule has 0 saturated heterocycles. The van der Waals surface area contributed by atoms with Gasteiger partial charge in [0.1, 0.15) is 5.82 Å². The van der Waals surface area contributed by atoms with Crippen LogP contribution in [0.15, 0.2) is 18.2 Å². The first-order chi connectivity index (χ1) is 8.32. The van der Waals surface area contributed by atoms with E-state index in [0.717, 1.165) is 12.1 Å². The van der Waals surface area contributed by atoms with E-state index in [1.165, 1.54) is 6.07 Å². The summed E-state index contributed by atoms with van der Waals surface area (Å²) in [5.74, 6) is -2.90. The summed E-state index contributed by atoms with van der Waals surface area (Å²) in [5, 5.41) is 17.0. The Morgan fingerprint density at radius 2 is 2.06 bits per heavy atom. The number of halogens is 1. The first kappa shape index (κ1) is 14.1. The second-order valence-corrected chi connectivity index (χ2v) is 5.88. The van der Waals surface area contributed by atoms with Crippen molar-refractivity contribution in [2.24, 2.45) is 0 Å². The molecule has 1 rings (SSSR count). The van der Waals surface area contributed by atoms with Gasteiger partial charge in [-0.2, -0.15) is 5.26 Å². The maximum atomic E-state index is 13.1. The highest BCUT2D eigenvalue weighted by Gasteiger charge is 2.15. The van der Waals surface area contributed by atoms with Crippen molar-refractivity contribution in [2.75, 3.05) is 5.75 Å². The summed E-state index contributed by atoms with van der Waals surface area (Å²) < 4.78 is 36.2. The lowest BCUT2D eigenvalue weighted by molar-refractivity contribution is -0.136. The monoisotopic (exact) mass is 271 g/mol. The number of rotatable bonds is 5. The van der Waals surface area contributed by atoms with E-state index in [0.29, 0.717) is 0 Å². The minimum Gasteiger partial charge on any atom is -0.481 e. The molecular weight excluding hydrogens is 261 g/mol. The molecule has 5 nitrogen and oxygen atoms in total. The van der Waals surface area contributed by atoms with Gasteiger partial charge in [-0.25, -0.2) is 12.8 Å². The Morgan fingerprint density at radius 1 is 1.39 bits per heavy atom. The first-order valence-electron chi connectivity index (χ1n) is 4.94. The van der Waals surface area contributed by atoms with E-state index in [9.17, 15) is 17.6 Å². The molecule has 1 N–H and O–H groups in total. The molecule has 0 bridgehead atoms. The van der Waals surface area contributed by atoms with Crippen molar-refractivity contribution in [2.45, 2.75) is 12.2 Å². The average Bonchev–Trinajstić information content (AvgIpc) is 2.25. The topological polar surface area (TPSA) is 95.2 Å². The first-order valence-corrected chi connectivity index (χ1v) is 6.76. The molecule has 0 spiro atoms. The lowest BCUT2D eigenvalue weighted by Gasteiger charge is -2.04. The molecular formula is C11H10FNO4S. The van der Waals surface area contributed by atoms with Crippen LogP contribution in [-0.2, 0) is 20.4 Å². The van der Waals surface area contributed by atoms with Crippen LogP contribution in [-0.4, -0.2) is 25.2 Å². The quantitative estimate of drug-likeness (QED) is 0.864. The highest BCUT2D eigenvalue weighted by atomic mass is 32.2. The van der Waals surface area contributed by atoms with E-state index in [-0.39, 0.29) is 11.1 Å². The summed E-state index contributed by atoms with van der Waals surface area (Å²) in [5.41, 5.74) is 0.162. The Kier molecular flexibility index (Phi) is 4.39. The Hall–Kier alpha value is -1.94. The van der Waals surface area contributed by atoms with Gasteiger partial charge in [0.2, 0.25) is 0 Å². The molecule has 0 amide bonds. The summed E-state index contributed by atoms with van der Waals surface area (Å²) in [6.07, 6.45) is -0.497. The van der Waals surface area contributed by atoms with E-state index in [1.54, 1.807) is 6.07 Å². The number of hydrogen-bond donors (Lipinski definition) is 1. The van der Waals surface area contributed by atoms with Gasteiger partial charge in [-0.3, -0.25) is 4.79 Å². The van der Waals surface area contributed by atoms with Gasteiger partial charge in [-0.15, -0.1) is 0 Å². The fourth-order valence-corrected chi connectivity index (χ4v) is 2.67. The minimum absolute atomic E-state index is 0.0263. The number of nitriles is 1. The van der Waals surface area contributed by atoms with Crippen molar-refractivity contribution in [1.82, 2.24) is 0 Å². The SMILES string of the molecule is N#Cc1cc(F)cc(CS(=O)(=O)CCC(=O)O)c1. The molecule has 0 heterocycles. The zero-order chi connectivity index (χ0) is 13.8. The number of sulfone groups is 1. The molecule has 0 aliphatic heterocycles. The van der Waals surface area contributed by atoms with Crippen molar-refractivity contribution >= 4 is 15.8 Å². The second kappa shape index (κ2) is 5.60. The third kappa shape index (κ3) is 4.51. The third-order valence-electron chi connectivity index (χ3n) is 2.10. The lowest BCUT2D eigenvalue weighted by Crippen LogP contribution is -2.13. The molecule has 0 atom stereocenters. The van der Waals surface area contributed by atoms with Crippen molar-refractivity contribution in [3.05, 3.63) is 35.1 Å². The predicted molar refractivity (Wildman–Crippen MR) is 60.9 cm³/mol. The summed E-state index contributed by atoms with van der Waals surface area (Å²) in [7, 11) is -3.63. The van der Waals surface area contributed by atoms with Gasteiger partial charge < -0.3 is 5.11 Å². The van der Waals surface area contributed by atoms with Crippen LogP contribution in [0.3, 0.4) is 0 Å². The van der Waals surface area contributed by atoms with Gasteiger partial charge in [-0.1, -0.05) is 0 Å². The van der Waals surface area contributed by atoms with E-state index in [1.807, 2.05) is 0 Å². The summed E-state index contributed by atoms with van der Waals surface area (Å²) in [6, 6.07) is 4.99.